The highest BCUT2D eigenvalue weighted by atomic mass is 14.9. The average Bonchev–Trinajstić information content (AvgIpc) is 2.22. The maximum atomic E-state index is 4.24. The molecule has 1 nitrogen and oxygen atoms in total. The molecule has 0 unspecified atom stereocenters. The van der Waals surface area contributed by atoms with Crippen molar-refractivity contribution in [3.05, 3.63) is 0 Å². The van der Waals surface area contributed by atoms with E-state index in [0.29, 0.717) is 5.54 Å². The molecule has 0 aromatic carbocycles. The van der Waals surface area contributed by atoms with Crippen molar-refractivity contribution in [2.45, 2.75) is 32.2 Å². The quantitative estimate of drug-likeness (QED) is 0.441. The second-order valence-corrected chi connectivity index (χ2v) is 2.38. The highest BCUT2D eigenvalue weighted by molar-refractivity contribution is 5.54. The van der Waals surface area contributed by atoms with Crippen LogP contribution < -0.4 is 0 Å². The molecule has 0 atom stereocenters. The third-order valence-corrected chi connectivity index (χ3v) is 1.41. The first kappa shape index (κ1) is 4.82. The summed E-state index contributed by atoms with van der Waals surface area (Å²) in [5, 5.41) is 0. The number of hydrogen-bond donors (Lipinski definition) is 0. The zero-order valence-corrected chi connectivity index (χ0v) is 4.94. The Morgan fingerprint density at radius 1 is 1.57 bits per heavy atom. The van der Waals surface area contributed by atoms with Gasteiger partial charge in [0.1, 0.15) is 0 Å². The fraction of sp³-hybridized carbons (Fsp3) is 0.833. The topological polar surface area (TPSA) is 12.4 Å². The Balaban J connectivity index is 2.40. The molecule has 0 N–H and O–H groups in total. The van der Waals surface area contributed by atoms with Crippen molar-refractivity contribution in [2.24, 2.45) is 4.99 Å². The van der Waals surface area contributed by atoms with Crippen LogP contribution in [0, 0.1) is 0 Å². The van der Waals surface area contributed by atoms with Gasteiger partial charge in [0.25, 0.3) is 0 Å². The van der Waals surface area contributed by atoms with Crippen LogP contribution in [0.4, 0.5) is 0 Å². The summed E-state index contributed by atoms with van der Waals surface area (Å²) in [4.78, 5) is 4.24. The smallest absolute Gasteiger partial charge is 0.0577 e. The minimum atomic E-state index is 0.370. The summed E-state index contributed by atoms with van der Waals surface area (Å²) in [5.41, 5.74) is 0.370. The molecular weight excluding hydrogens is 86.1 g/mol. The van der Waals surface area contributed by atoms with Crippen LogP contribution in [0.5, 0.6) is 0 Å². The molecular formula is C6H11N. The molecule has 1 aliphatic carbocycles. The molecule has 0 amide bonds. The summed E-state index contributed by atoms with van der Waals surface area (Å²) in [5.74, 6) is 0. The molecule has 0 heterocycles. The fourth-order valence-electron chi connectivity index (χ4n) is 0.622. The maximum Gasteiger partial charge on any atom is 0.0577 e. The molecule has 0 aromatic heterocycles. The van der Waals surface area contributed by atoms with Gasteiger partial charge in [-0.25, -0.2) is 0 Å². The molecule has 0 spiro atoms. The third kappa shape index (κ3) is 1.02. The fourth-order valence-corrected chi connectivity index (χ4v) is 0.622. The van der Waals surface area contributed by atoms with Gasteiger partial charge in [0.2, 0.25) is 0 Å². The molecule has 0 aromatic rings. The van der Waals surface area contributed by atoms with Crippen molar-refractivity contribution in [1.82, 2.24) is 0 Å². The van der Waals surface area contributed by atoms with Crippen molar-refractivity contribution < 1.29 is 0 Å². The summed E-state index contributed by atoms with van der Waals surface area (Å²) in [6, 6.07) is 0. The molecule has 0 aliphatic heterocycles. The summed E-state index contributed by atoms with van der Waals surface area (Å²) < 4.78 is 0. The van der Waals surface area contributed by atoms with Gasteiger partial charge in [0, 0.05) is 0 Å². The molecule has 0 bridgehead atoms. The predicted octanol–water partition coefficient (Wildman–Crippen LogP) is 1.63. The van der Waals surface area contributed by atoms with Crippen LogP contribution in [0.2, 0.25) is 0 Å². The van der Waals surface area contributed by atoms with Gasteiger partial charge >= 0.3 is 0 Å². The minimum absolute atomic E-state index is 0.370. The van der Waals surface area contributed by atoms with E-state index in [-0.39, 0.29) is 0 Å². The van der Waals surface area contributed by atoms with Crippen LogP contribution in [-0.4, -0.2) is 11.8 Å². The lowest BCUT2D eigenvalue weighted by Crippen LogP contribution is -1.93. The number of rotatable bonds is 1. The van der Waals surface area contributed by atoms with Crippen LogP contribution in [0.15, 0.2) is 4.99 Å². The monoisotopic (exact) mass is 97.1 g/mol. The van der Waals surface area contributed by atoms with Gasteiger partial charge in [-0.1, -0.05) is 0 Å². The second-order valence-electron chi connectivity index (χ2n) is 2.38. The lowest BCUT2D eigenvalue weighted by Gasteiger charge is -1.93. The van der Waals surface area contributed by atoms with Crippen molar-refractivity contribution in [1.29, 1.82) is 0 Å². The SMILES string of the molecule is CC=NC1(C)CC1. The molecule has 1 saturated carbocycles. The van der Waals surface area contributed by atoms with Gasteiger partial charge in [0.05, 0.1) is 5.54 Å². The van der Waals surface area contributed by atoms with E-state index in [1.54, 1.807) is 0 Å². The molecule has 0 radical (unpaired) electrons. The van der Waals surface area contributed by atoms with Crippen LogP contribution in [0.1, 0.15) is 26.7 Å². The Morgan fingerprint density at radius 2 is 2.14 bits per heavy atom. The van der Waals surface area contributed by atoms with Crippen LogP contribution in [-0.2, 0) is 0 Å². The zero-order chi connectivity index (χ0) is 5.33. The average molecular weight is 97.2 g/mol. The molecule has 0 saturated heterocycles. The van der Waals surface area contributed by atoms with E-state index < -0.39 is 0 Å². The standard InChI is InChI=1S/C6H11N/c1-3-7-6(2)4-5-6/h3H,4-5H2,1-2H3. The Bertz CT molecular complexity index is 90.4. The number of nitrogens with zero attached hydrogens (tertiary/aromatic N) is 1. The van der Waals surface area contributed by atoms with Crippen LogP contribution in [0.25, 0.3) is 0 Å². The maximum absolute atomic E-state index is 4.24. The predicted molar refractivity (Wildman–Crippen MR) is 31.8 cm³/mol. The number of hydrogen-bond acceptors (Lipinski definition) is 1. The molecule has 1 rings (SSSR count). The zero-order valence-electron chi connectivity index (χ0n) is 4.94. The van der Waals surface area contributed by atoms with E-state index >= 15 is 0 Å². The first-order valence-electron chi connectivity index (χ1n) is 2.77. The highest BCUT2D eigenvalue weighted by Gasteiger charge is 2.35. The van der Waals surface area contributed by atoms with E-state index in [1.165, 1.54) is 12.8 Å². The molecule has 1 heteroatoms. The van der Waals surface area contributed by atoms with Gasteiger partial charge in [-0.2, -0.15) is 0 Å². The number of aliphatic imine (C=N–C) groups is 1. The van der Waals surface area contributed by atoms with Gasteiger partial charge < -0.3 is 0 Å². The van der Waals surface area contributed by atoms with Crippen molar-refractivity contribution in [2.75, 3.05) is 0 Å². The van der Waals surface area contributed by atoms with Crippen molar-refractivity contribution >= 4 is 6.21 Å². The van der Waals surface area contributed by atoms with E-state index in [9.17, 15) is 0 Å². The molecule has 40 valence electrons. The first-order chi connectivity index (χ1) is 3.27. The normalized spacial score (nSPS) is 26.0. The van der Waals surface area contributed by atoms with Gasteiger partial charge in [0.15, 0.2) is 0 Å². The van der Waals surface area contributed by atoms with Crippen molar-refractivity contribution in [3.63, 3.8) is 0 Å². The molecule has 1 aliphatic rings. The first-order valence-corrected chi connectivity index (χ1v) is 2.77. The van der Waals surface area contributed by atoms with E-state index in [2.05, 4.69) is 11.9 Å². The highest BCUT2D eigenvalue weighted by Crippen LogP contribution is 2.38. The Kier molecular flexibility index (Phi) is 0.911. The lowest BCUT2D eigenvalue weighted by atomic mass is 10.3. The van der Waals surface area contributed by atoms with Gasteiger partial charge in [-0.15, -0.1) is 0 Å². The Morgan fingerprint density at radius 3 is 2.29 bits per heavy atom. The molecule has 7 heavy (non-hydrogen) atoms. The van der Waals surface area contributed by atoms with E-state index in [1.807, 2.05) is 13.1 Å². The van der Waals surface area contributed by atoms with Gasteiger partial charge in [-0.05, 0) is 32.9 Å². The van der Waals surface area contributed by atoms with Crippen molar-refractivity contribution in [3.8, 4) is 0 Å². The van der Waals surface area contributed by atoms with Gasteiger partial charge in [-0.3, -0.25) is 4.99 Å². The van der Waals surface area contributed by atoms with E-state index in [4.69, 9.17) is 0 Å². The van der Waals surface area contributed by atoms with E-state index in [0.717, 1.165) is 0 Å². The second kappa shape index (κ2) is 1.32. The summed E-state index contributed by atoms with van der Waals surface area (Å²) >= 11 is 0. The van der Waals surface area contributed by atoms with Crippen LogP contribution >= 0.6 is 0 Å². The Labute approximate surface area is 44.5 Å². The summed E-state index contributed by atoms with van der Waals surface area (Å²) in [6.07, 6.45) is 4.47. The molecule has 1 fully saturated rings. The lowest BCUT2D eigenvalue weighted by molar-refractivity contribution is 0.769. The Hall–Kier alpha value is -0.330. The summed E-state index contributed by atoms with van der Waals surface area (Å²) in [7, 11) is 0. The largest absolute Gasteiger partial charge is 0.291 e. The summed E-state index contributed by atoms with van der Waals surface area (Å²) in [6.45, 7) is 4.16. The third-order valence-electron chi connectivity index (χ3n) is 1.41. The van der Waals surface area contributed by atoms with Crippen LogP contribution in [0.3, 0.4) is 0 Å². The minimum Gasteiger partial charge on any atom is -0.291 e.